The molecule has 92 valence electrons. The van der Waals surface area contributed by atoms with Crippen LogP contribution < -0.4 is 0 Å². The summed E-state index contributed by atoms with van der Waals surface area (Å²) < 4.78 is 0. The van der Waals surface area contributed by atoms with Gasteiger partial charge in [0.15, 0.2) is 0 Å². The van der Waals surface area contributed by atoms with Crippen molar-refractivity contribution in [1.29, 1.82) is 0 Å². The average Bonchev–Trinajstić information content (AvgIpc) is 2.84. The maximum atomic E-state index is 2.41. The molecule has 1 fully saturated rings. The van der Waals surface area contributed by atoms with Gasteiger partial charge in [-0.25, -0.2) is 0 Å². The molecule has 0 N–H and O–H groups in total. The molecule has 0 saturated heterocycles. The van der Waals surface area contributed by atoms with E-state index in [-0.39, 0.29) is 5.41 Å². The van der Waals surface area contributed by atoms with Gasteiger partial charge in [0.2, 0.25) is 0 Å². The summed E-state index contributed by atoms with van der Waals surface area (Å²) in [5, 5.41) is 0. The van der Waals surface area contributed by atoms with Crippen molar-refractivity contribution >= 4 is 0 Å². The van der Waals surface area contributed by atoms with Crippen LogP contribution >= 0.6 is 0 Å². The van der Waals surface area contributed by atoms with Gasteiger partial charge in [-0.15, -0.1) is 0 Å². The first kappa shape index (κ1) is 11.5. The van der Waals surface area contributed by atoms with Gasteiger partial charge >= 0.3 is 0 Å². The summed E-state index contributed by atoms with van der Waals surface area (Å²) in [7, 11) is 0. The number of hydrogen-bond acceptors (Lipinski definition) is 0. The van der Waals surface area contributed by atoms with Gasteiger partial charge in [0.05, 0.1) is 0 Å². The summed E-state index contributed by atoms with van der Waals surface area (Å²) in [6, 6.07) is 22.1. The first-order chi connectivity index (χ1) is 8.84. The lowest BCUT2D eigenvalue weighted by atomic mass is 9.68. The van der Waals surface area contributed by atoms with Gasteiger partial charge in [0, 0.05) is 5.41 Å². The molecule has 1 aliphatic carbocycles. The quantitative estimate of drug-likeness (QED) is 0.703. The van der Waals surface area contributed by atoms with Crippen LogP contribution in [0.5, 0.6) is 0 Å². The molecule has 0 aliphatic heterocycles. The van der Waals surface area contributed by atoms with Crippen molar-refractivity contribution in [3.05, 3.63) is 71.8 Å². The molecule has 1 aliphatic rings. The fraction of sp³-hybridized carbons (Fsp3) is 0.333. The fourth-order valence-corrected chi connectivity index (χ4v) is 3.68. The van der Waals surface area contributed by atoms with E-state index in [1.807, 2.05) is 0 Å². The molecule has 1 atom stereocenters. The van der Waals surface area contributed by atoms with E-state index in [0.29, 0.717) is 0 Å². The summed E-state index contributed by atoms with van der Waals surface area (Å²) in [5.41, 5.74) is 3.21. The van der Waals surface area contributed by atoms with Crippen molar-refractivity contribution in [2.75, 3.05) is 0 Å². The van der Waals surface area contributed by atoms with Gasteiger partial charge in [0.25, 0.3) is 0 Å². The highest BCUT2D eigenvalue weighted by molar-refractivity contribution is 5.41. The van der Waals surface area contributed by atoms with E-state index in [9.17, 15) is 0 Å². The van der Waals surface area contributed by atoms with Crippen LogP contribution in [0.25, 0.3) is 0 Å². The van der Waals surface area contributed by atoms with E-state index in [1.165, 1.54) is 30.4 Å². The standard InChI is InChI=1S/C18H20/c1-15-9-8-14-18(15,16-10-4-2-5-11-16)17-12-6-3-7-13-17/h2-7,10-13,15H,8-9,14H2,1H3. The molecule has 0 spiro atoms. The third-order valence-electron chi connectivity index (χ3n) is 4.63. The predicted octanol–water partition coefficient (Wildman–Crippen LogP) is 4.79. The Morgan fingerprint density at radius 2 is 1.33 bits per heavy atom. The molecule has 0 aromatic heterocycles. The Hall–Kier alpha value is -1.56. The van der Waals surface area contributed by atoms with E-state index in [4.69, 9.17) is 0 Å². The second-order valence-corrected chi connectivity index (χ2v) is 5.50. The Labute approximate surface area is 110 Å². The molecule has 1 unspecified atom stereocenters. The van der Waals surface area contributed by atoms with Gasteiger partial charge in [0.1, 0.15) is 0 Å². The van der Waals surface area contributed by atoms with Crippen LogP contribution in [0.1, 0.15) is 37.3 Å². The molecule has 0 nitrogen and oxygen atoms in total. The fourth-order valence-electron chi connectivity index (χ4n) is 3.68. The van der Waals surface area contributed by atoms with Gasteiger partial charge in [-0.2, -0.15) is 0 Å². The molecule has 1 saturated carbocycles. The Morgan fingerprint density at radius 3 is 1.72 bits per heavy atom. The second-order valence-electron chi connectivity index (χ2n) is 5.50. The van der Waals surface area contributed by atoms with E-state index >= 15 is 0 Å². The van der Waals surface area contributed by atoms with Gasteiger partial charge in [-0.3, -0.25) is 0 Å². The molecule has 0 amide bonds. The highest BCUT2D eigenvalue weighted by atomic mass is 14.5. The molecule has 0 radical (unpaired) electrons. The Morgan fingerprint density at radius 1 is 0.833 bits per heavy atom. The van der Waals surface area contributed by atoms with Crippen LogP contribution in [0.3, 0.4) is 0 Å². The number of benzene rings is 2. The first-order valence-corrected chi connectivity index (χ1v) is 6.95. The third-order valence-corrected chi connectivity index (χ3v) is 4.63. The summed E-state index contributed by atoms with van der Waals surface area (Å²) in [4.78, 5) is 0. The lowest BCUT2D eigenvalue weighted by molar-refractivity contribution is 0.405. The van der Waals surface area contributed by atoms with E-state index in [1.54, 1.807) is 0 Å². The van der Waals surface area contributed by atoms with Crippen molar-refractivity contribution in [2.24, 2.45) is 5.92 Å². The molecule has 3 rings (SSSR count). The van der Waals surface area contributed by atoms with Crippen LogP contribution in [0.15, 0.2) is 60.7 Å². The zero-order valence-corrected chi connectivity index (χ0v) is 11.0. The summed E-state index contributed by atoms with van der Waals surface area (Å²) in [6.07, 6.45) is 3.96. The maximum absolute atomic E-state index is 2.41. The van der Waals surface area contributed by atoms with Crippen molar-refractivity contribution < 1.29 is 0 Å². The van der Waals surface area contributed by atoms with Crippen LogP contribution in [0.4, 0.5) is 0 Å². The van der Waals surface area contributed by atoms with Crippen LogP contribution in [-0.2, 0) is 5.41 Å². The molecular weight excluding hydrogens is 216 g/mol. The maximum Gasteiger partial charge on any atom is 0.0228 e. The minimum absolute atomic E-state index is 0.239. The molecule has 0 heteroatoms. The second kappa shape index (κ2) is 4.61. The Kier molecular flexibility index (Phi) is 2.95. The highest BCUT2D eigenvalue weighted by Gasteiger charge is 2.42. The minimum Gasteiger partial charge on any atom is -0.0622 e. The zero-order chi connectivity index (χ0) is 12.4. The largest absolute Gasteiger partial charge is 0.0622 e. The molecular formula is C18H20. The Balaban J connectivity index is 2.17. The molecule has 2 aromatic rings. The van der Waals surface area contributed by atoms with Crippen LogP contribution in [0, 0.1) is 5.92 Å². The lowest BCUT2D eigenvalue weighted by Crippen LogP contribution is -2.30. The van der Waals surface area contributed by atoms with Gasteiger partial charge in [-0.05, 0) is 29.9 Å². The van der Waals surface area contributed by atoms with E-state index in [2.05, 4.69) is 67.6 Å². The van der Waals surface area contributed by atoms with Crippen LogP contribution in [-0.4, -0.2) is 0 Å². The normalized spacial score (nSPS) is 21.9. The zero-order valence-electron chi connectivity index (χ0n) is 11.0. The third kappa shape index (κ3) is 1.68. The molecule has 0 heterocycles. The van der Waals surface area contributed by atoms with Crippen molar-refractivity contribution in [3.63, 3.8) is 0 Å². The summed E-state index contributed by atoms with van der Waals surface area (Å²) >= 11 is 0. The monoisotopic (exact) mass is 236 g/mol. The molecule has 2 aromatic carbocycles. The van der Waals surface area contributed by atoms with Crippen LogP contribution in [0.2, 0.25) is 0 Å². The minimum atomic E-state index is 0.239. The Bertz CT molecular complexity index is 459. The van der Waals surface area contributed by atoms with Gasteiger partial charge < -0.3 is 0 Å². The summed E-state index contributed by atoms with van der Waals surface area (Å²) in [5.74, 6) is 0.724. The topological polar surface area (TPSA) is 0 Å². The van der Waals surface area contributed by atoms with Crippen molar-refractivity contribution in [2.45, 2.75) is 31.6 Å². The smallest absolute Gasteiger partial charge is 0.0228 e. The van der Waals surface area contributed by atoms with E-state index in [0.717, 1.165) is 5.92 Å². The van der Waals surface area contributed by atoms with Gasteiger partial charge in [-0.1, -0.05) is 74.0 Å². The van der Waals surface area contributed by atoms with Crippen molar-refractivity contribution in [3.8, 4) is 0 Å². The number of hydrogen-bond donors (Lipinski definition) is 0. The summed E-state index contributed by atoms with van der Waals surface area (Å²) in [6.45, 7) is 2.41. The first-order valence-electron chi connectivity index (χ1n) is 6.95. The molecule has 18 heavy (non-hydrogen) atoms. The molecule has 0 bridgehead atoms. The lowest BCUT2D eigenvalue weighted by Gasteiger charge is -2.35. The predicted molar refractivity (Wildman–Crippen MR) is 76.7 cm³/mol. The highest BCUT2D eigenvalue weighted by Crippen LogP contribution is 2.50. The van der Waals surface area contributed by atoms with Crippen molar-refractivity contribution in [1.82, 2.24) is 0 Å². The SMILES string of the molecule is CC1CCCC1(c1ccccc1)c1ccccc1. The van der Waals surface area contributed by atoms with E-state index < -0.39 is 0 Å². The number of rotatable bonds is 2. The average molecular weight is 236 g/mol.